The van der Waals surface area contributed by atoms with Crippen molar-refractivity contribution in [3.63, 3.8) is 0 Å². The number of carboxylic acids is 1. The van der Waals surface area contributed by atoms with Gasteiger partial charge in [-0.25, -0.2) is 4.79 Å². The molecule has 1 heterocycles. The smallest absolute Gasteiger partial charge is 0.320 e. The SMILES string of the molecule is COCC(O)CN(C)C(=O)N1CCCCC1CCC(=O)O. The number of hydrogen-bond donors (Lipinski definition) is 2. The lowest BCUT2D eigenvalue weighted by atomic mass is 9.98. The van der Waals surface area contributed by atoms with Crippen LogP contribution in [-0.4, -0.2) is 78.0 Å². The highest BCUT2D eigenvalue weighted by Gasteiger charge is 2.29. The van der Waals surface area contributed by atoms with E-state index in [9.17, 15) is 14.7 Å². The van der Waals surface area contributed by atoms with Crippen LogP contribution in [0.25, 0.3) is 0 Å². The van der Waals surface area contributed by atoms with Crippen LogP contribution in [0.4, 0.5) is 4.79 Å². The lowest BCUT2D eigenvalue weighted by molar-refractivity contribution is -0.137. The van der Waals surface area contributed by atoms with Gasteiger partial charge in [0.1, 0.15) is 0 Å². The number of hydrogen-bond acceptors (Lipinski definition) is 4. The predicted octanol–water partition coefficient (Wildman–Crippen LogP) is 0.765. The summed E-state index contributed by atoms with van der Waals surface area (Å²) in [6, 6.07) is -0.176. The van der Waals surface area contributed by atoms with Gasteiger partial charge in [-0.1, -0.05) is 0 Å². The number of urea groups is 1. The molecule has 1 fully saturated rings. The topological polar surface area (TPSA) is 90.3 Å². The standard InChI is InChI=1S/C14H26N2O5/c1-15(9-12(17)10-21-2)14(20)16-8-4-3-5-11(16)6-7-13(18)19/h11-12,17H,3-10H2,1-2H3,(H,18,19). The number of nitrogens with zero attached hydrogens (tertiary/aromatic N) is 2. The van der Waals surface area contributed by atoms with Gasteiger partial charge in [-0.15, -0.1) is 0 Å². The van der Waals surface area contributed by atoms with Crippen molar-refractivity contribution in [2.45, 2.75) is 44.2 Å². The molecule has 0 aromatic rings. The van der Waals surface area contributed by atoms with Gasteiger partial charge in [0.15, 0.2) is 0 Å². The van der Waals surface area contributed by atoms with E-state index in [2.05, 4.69) is 0 Å². The van der Waals surface area contributed by atoms with E-state index in [0.29, 0.717) is 13.0 Å². The molecule has 122 valence electrons. The summed E-state index contributed by atoms with van der Waals surface area (Å²) in [5.41, 5.74) is 0. The molecule has 1 aliphatic rings. The molecule has 21 heavy (non-hydrogen) atoms. The number of likely N-dealkylation sites (tertiary alicyclic amines) is 1. The maximum atomic E-state index is 12.4. The zero-order chi connectivity index (χ0) is 15.8. The minimum Gasteiger partial charge on any atom is -0.481 e. The number of rotatable bonds is 7. The molecule has 1 aliphatic heterocycles. The van der Waals surface area contributed by atoms with Crippen LogP contribution in [0.3, 0.4) is 0 Å². The summed E-state index contributed by atoms with van der Waals surface area (Å²) in [4.78, 5) is 26.4. The summed E-state index contributed by atoms with van der Waals surface area (Å²) in [6.45, 7) is 1.03. The molecule has 0 saturated carbocycles. The first-order valence-corrected chi connectivity index (χ1v) is 7.36. The molecule has 7 nitrogen and oxygen atoms in total. The van der Waals surface area contributed by atoms with Gasteiger partial charge in [-0.2, -0.15) is 0 Å². The molecule has 2 N–H and O–H groups in total. The van der Waals surface area contributed by atoms with Crippen molar-refractivity contribution in [2.24, 2.45) is 0 Å². The molecule has 2 amide bonds. The third-order valence-electron chi connectivity index (χ3n) is 3.73. The number of ether oxygens (including phenoxy) is 1. The number of aliphatic hydroxyl groups is 1. The van der Waals surface area contributed by atoms with Gasteiger partial charge in [0, 0.05) is 33.2 Å². The van der Waals surface area contributed by atoms with Crippen LogP contribution < -0.4 is 0 Å². The number of aliphatic carboxylic acids is 1. The number of methoxy groups -OCH3 is 1. The molecule has 0 radical (unpaired) electrons. The second-order valence-electron chi connectivity index (χ2n) is 5.55. The van der Waals surface area contributed by atoms with Crippen LogP contribution in [-0.2, 0) is 9.53 Å². The zero-order valence-electron chi connectivity index (χ0n) is 12.8. The average molecular weight is 302 g/mol. The number of carboxylic acid groups (broad SMARTS) is 1. The monoisotopic (exact) mass is 302 g/mol. The first-order chi connectivity index (χ1) is 9.95. The lowest BCUT2D eigenvalue weighted by Crippen LogP contribution is -2.51. The normalized spacial score (nSPS) is 20.1. The fraction of sp³-hybridized carbons (Fsp3) is 0.857. The molecular formula is C14H26N2O5. The fourth-order valence-electron chi connectivity index (χ4n) is 2.70. The maximum Gasteiger partial charge on any atom is 0.320 e. The van der Waals surface area contributed by atoms with Crippen molar-refractivity contribution in [3.8, 4) is 0 Å². The molecule has 0 bridgehead atoms. The van der Waals surface area contributed by atoms with E-state index in [4.69, 9.17) is 9.84 Å². The maximum absolute atomic E-state index is 12.4. The van der Waals surface area contributed by atoms with Gasteiger partial charge < -0.3 is 24.7 Å². The van der Waals surface area contributed by atoms with E-state index in [1.54, 1.807) is 11.9 Å². The van der Waals surface area contributed by atoms with Gasteiger partial charge in [-0.05, 0) is 25.7 Å². The van der Waals surface area contributed by atoms with Crippen molar-refractivity contribution in [2.75, 3.05) is 33.9 Å². The van der Waals surface area contributed by atoms with E-state index in [1.807, 2.05) is 0 Å². The lowest BCUT2D eigenvalue weighted by Gasteiger charge is -2.38. The molecule has 0 spiro atoms. The van der Waals surface area contributed by atoms with Crippen LogP contribution in [0.5, 0.6) is 0 Å². The predicted molar refractivity (Wildman–Crippen MR) is 77.1 cm³/mol. The van der Waals surface area contributed by atoms with Gasteiger partial charge >= 0.3 is 12.0 Å². The number of piperidine rings is 1. The molecule has 0 aromatic carbocycles. The minimum absolute atomic E-state index is 0.0237. The molecule has 1 rings (SSSR count). The average Bonchev–Trinajstić information content (AvgIpc) is 2.44. The summed E-state index contributed by atoms with van der Waals surface area (Å²) < 4.78 is 4.85. The number of carbonyl (C=O) groups excluding carboxylic acids is 1. The molecule has 1 saturated heterocycles. The Hall–Kier alpha value is -1.34. The van der Waals surface area contributed by atoms with Crippen molar-refractivity contribution in [1.29, 1.82) is 0 Å². The minimum atomic E-state index is -0.836. The van der Waals surface area contributed by atoms with Crippen LogP contribution in [0.2, 0.25) is 0 Å². The highest BCUT2D eigenvalue weighted by molar-refractivity contribution is 5.75. The fourth-order valence-corrected chi connectivity index (χ4v) is 2.70. The summed E-state index contributed by atoms with van der Waals surface area (Å²) in [7, 11) is 3.14. The van der Waals surface area contributed by atoms with Gasteiger partial charge in [0.25, 0.3) is 0 Å². The molecule has 2 atom stereocenters. The Morgan fingerprint density at radius 1 is 1.43 bits per heavy atom. The van der Waals surface area contributed by atoms with Crippen molar-refractivity contribution in [1.82, 2.24) is 9.80 Å². The van der Waals surface area contributed by atoms with Crippen LogP contribution in [0.1, 0.15) is 32.1 Å². The molecule has 0 aliphatic carbocycles. The van der Waals surface area contributed by atoms with E-state index < -0.39 is 12.1 Å². The van der Waals surface area contributed by atoms with Gasteiger partial charge in [-0.3, -0.25) is 4.79 Å². The molecule has 7 heteroatoms. The van der Waals surface area contributed by atoms with Gasteiger partial charge in [0.2, 0.25) is 0 Å². The van der Waals surface area contributed by atoms with Crippen LogP contribution >= 0.6 is 0 Å². The highest BCUT2D eigenvalue weighted by atomic mass is 16.5. The number of carbonyl (C=O) groups is 2. The zero-order valence-corrected chi connectivity index (χ0v) is 12.8. The number of amides is 2. The van der Waals surface area contributed by atoms with Crippen LogP contribution in [0, 0.1) is 0 Å². The van der Waals surface area contributed by atoms with Crippen molar-refractivity contribution >= 4 is 12.0 Å². The van der Waals surface area contributed by atoms with E-state index in [-0.39, 0.29) is 31.6 Å². The van der Waals surface area contributed by atoms with E-state index in [0.717, 1.165) is 19.3 Å². The summed E-state index contributed by atoms with van der Waals surface area (Å²) in [5.74, 6) is -0.836. The third kappa shape index (κ3) is 5.89. The quantitative estimate of drug-likeness (QED) is 0.725. The highest BCUT2D eigenvalue weighted by Crippen LogP contribution is 2.22. The second-order valence-corrected chi connectivity index (χ2v) is 5.55. The number of aliphatic hydroxyl groups excluding tert-OH is 1. The third-order valence-corrected chi connectivity index (χ3v) is 3.73. The van der Waals surface area contributed by atoms with E-state index in [1.165, 1.54) is 12.0 Å². The number of likely N-dealkylation sites (N-methyl/N-ethyl adjacent to an activating group) is 1. The Bertz CT molecular complexity index is 350. The van der Waals surface area contributed by atoms with Crippen LogP contribution in [0.15, 0.2) is 0 Å². The molecular weight excluding hydrogens is 276 g/mol. The summed E-state index contributed by atoms with van der Waals surface area (Å²) >= 11 is 0. The van der Waals surface area contributed by atoms with Crippen molar-refractivity contribution < 1.29 is 24.5 Å². The first-order valence-electron chi connectivity index (χ1n) is 7.36. The van der Waals surface area contributed by atoms with Gasteiger partial charge in [0.05, 0.1) is 19.3 Å². The Labute approximate surface area is 125 Å². The molecule has 0 aromatic heterocycles. The summed E-state index contributed by atoms with van der Waals surface area (Å²) in [6.07, 6.45) is 2.63. The largest absolute Gasteiger partial charge is 0.481 e. The summed E-state index contributed by atoms with van der Waals surface area (Å²) in [5, 5.41) is 18.5. The Morgan fingerprint density at radius 3 is 2.76 bits per heavy atom. The molecule has 2 unspecified atom stereocenters. The Morgan fingerprint density at radius 2 is 2.14 bits per heavy atom. The van der Waals surface area contributed by atoms with E-state index >= 15 is 0 Å². The van der Waals surface area contributed by atoms with Crippen molar-refractivity contribution in [3.05, 3.63) is 0 Å². The Balaban J connectivity index is 2.56. The Kier molecular flexibility index (Phi) is 7.45. The first kappa shape index (κ1) is 17.7. The second kappa shape index (κ2) is 8.84.